The van der Waals surface area contributed by atoms with Gasteiger partial charge in [-0.25, -0.2) is 8.78 Å². The van der Waals surface area contributed by atoms with Gasteiger partial charge >= 0.3 is 37.7 Å². The smallest absolute Gasteiger partial charge is 0.208 e. The fourth-order valence-electron chi connectivity index (χ4n) is 2.90. The summed E-state index contributed by atoms with van der Waals surface area (Å²) in [6.45, 7) is 0. The maximum atomic E-state index is 13.9. The molecule has 0 radical (unpaired) electrons. The van der Waals surface area contributed by atoms with Crippen LogP contribution in [0.25, 0.3) is 43.1 Å². The monoisotopic (exact) mass is 248 g/mol. The third kappa shape index (κ3) is 1.43. The zero-order chi connectivity index (χ0) is 12.0. The van der Waals surface area contributed by atoms with E-state index in [1.165, 1.54) is 0 Å². The molecule has 0 aliphatic heterocycles. The van der Waals surface area contributed by atoms with Crippen molar-refractivity contribution in [1.82, 2.24) is 0 Å². The van der Waals surface area contributed by atoms with E-state index in [1.54, 1.807) is 24.3 Å². The molecule has 5 rings (SSSR count). The molecular weight excluding hydrogens is 244 g/mol. The van der Waals surface area contributed by atoms with E-state index in [1.807, 2.05) is 0 Å². The molecule has 0 amide bonds. The average Bonchev–Trinajstić information content (AvgIpc) is 3.02. The molecule has 0 saturated heterocycles. The summed E-state index contributed by atoms with van der Waals surface area (Å²) in [5.41, 5.74) is 0. The van der Waals surface area contributed by atoms with Crippen LogP contribution in [0.1, 0.15) is 0 Å². The Morgan fingerprint density at radius 3 is 1.05 bits per heavy atom. The molecule has 0 atom stereocenters. The molecule has 0 N–H and O–H groups in total. The van der Waals surface area contributed by atoms with E-state index in [4.69, 9.17) is 0 Å². The van der Waals surface area contributed by atoms with Crippen molar-refractivity contribution in [2.45, 2.75) is 0 Å². The summed E-state index contributed by atoms with van der Waals surface area (Å²) in [7, 11) is 0. The summed E-state index contributed by atoms with van der Waals surface area (Å²) >= 11 is 0. The van der Waals surface area contributed by atoms with Crippen LogP contribution < -0.4 is 37.7 Å². The number of hydrogen-bond donors (Lipinski definition) is 0. The van der Waals surface area contributed by atoms with Crippen molar-refractivity contribution in [3.05, 3.63) is 48.0 Å². The van der Waals surface area contributed by atoms with E-state index < -0.39 is 0 Å². The first-order valence-corrected chi connectivity index (χ1v) is 5.69. The van der Waals surface area contributed by atoms with Crippen LogP contribution in [0, 0.1) is 23.8 Å². The second kappa shape index (κ2) is 4.23. The number of rotatable bonds is 0. The molecule has 0 aromatic heterocycles. The van der Waals surface area contributed by atoms with Crippen molar-refractivity contribution >= 4 is 43.1 Å². The van der Waals surface area contributed by atoms with Gasteiger partial charge in [0.15, 0.2) is 0 Å². The fraction of sp³-hybridized carbons (Fsp3) is 0. The molecule has 4 heteroatoms. The van der Waals surface area contributed by atoms with Crippen LogP contribution in [0.15, 0.2) is 24.3 Å². The van der Waals surface area contributed by atoms with Gasteiger partial charge in [-0.05, 0) is 0 Å². The summed E-state index contributed by atoms with van der Waals surface area (Å²) in [5, 5.41) is 5.47. The van der Waals surface area contributed by atoms with Crippen LogP contribution in [-0.2, 0) is 0 Å². The summed E-state index contributed by atoms with van der Waals surface area (Å²) in [5.74, 6) is -0.362. The van der Waals surface area contributed by atoms with E-state index in [9.17, 15) is 8.78 Å². The summed E-state index contributed by atoms with van der Waals surface area (Å²) in [6, 6.07) is 12.8. The zero-order valence-corrected chi connectivity index (χ0v) is 11.1. The summed E-state index contributed by atoms with van der Waals surface area (Å²) < 4.78 is 27.8. The molecule has 5 aromatic rings. The fourth-order valence-corrected chi connectivity index (χ4v) is 2.90. The van der Waals surface area contributed by atoms with E-state index in [-0.39, 0.29) is 49.4 Å². The van der Waals surface area contributed by atoms with Gasteiger partial charge in [0.25, 0.3) is 0 Å². The molecule has 84 valence electrons. The average molecular weight is 248 g/mol. The topological polar surface area (TPSA) is 0 Å². The van der Waals surface area contributed by atoms with Crippen molar-refractivity contribution in [3.8, 4) is 0 Å². The van der Waals surface area contributed by atoms with Crippen LogP contribution in [-0.4, -0.2) is 0 Å². The maximum absolute atomic E-state index is 13.9. The third-order valence-corrected chi connectivity index (χ3v) is 3.82. The predicted octanol–water partition coefficient (Wildman–Crippen LogP) is -1.50. The molecule has 0 nitrogen and oxygen atoms in total. The molecule has 0 saturated carbocycles. The largest absolute Gasteiger partial charge is 1.00 e. The minimum atomic E-state index is -0.181. The number of halogens is 2. The number of hydrogen-bond acceptors (Lipinski definition) is 0. The Morgan fingerprint density at radius 1 is 0.550 bits per heavy atom. The van der Waals surface area contributed by atoms with Gasteiger partial charge in [-0.15, -0.1) is 0 Å². The molecule has 0 aliphatic carbocycles. The van der Waals surface area contributed by atoms with Gasteiger partial charge in [0.1, 0.15) is 11.6 Å². The van der Waals surface area contributed by atoms with Crippen LogP contribution in [0.5, 0.6) is 0 Å². The minimum absolute atomic E-state index is 0. The Kier molecular flexibility index (Phi) is 2.95. The Labute approximate surface area is 137 Å². The Balaban J connectivity index is 0.000000605. The third-order valence-electron chi connectivity index (χ3n) is 3.82. The van der Waals surface area contributed by atoms with E-state index in [2.05, 4.69) is 12.1 Å². The van der Waals surface area contributed by atoms with Crippen LogP contribution in [0.3, 0.4) is 0 Å². The molecule has 0 heterocycles. The second-order valence-corrected chi connectivity index (χ2v) is 4.69. The summed E-state index contributed by atoms with van der Waals surface area (Å²) in [4.78, 5) is 0. The van der Waals surface area contributed by atoms with Gasteiger partial charge in [-0.2, -0.15) is 57.9 Å². The van der Waals surface area contributed by atoms with Gasteiger partial charge in [0, 0.05) is 0 Å². The second-order valence-electron chi connectivity index (χ2n) is 4.69. The van der Waals surface area contributed by atoms with Gasteiger partial charge in [0.05, 0.1) is 0 Å². The van der Waals surface area contributed by atoms with Gasteiger partial charge < -0.3 is 0 Å². The van der Waals surface area contributed by atoms with Crippen LogP contribution in [0.4, 0.5) is 8.78 Å². The van der Waals surface area contributed by atoms with Gasteiger partial charge in [-0.1, -0.05) is 21.5 Å². The van der Waals surface area contributed by atoms with Gasteiger partial charge in [0.2, 0.25) is 0 Å². The molecule has 0 fully saturated rings. The van der Waals surface area contributed by atoms with E-state index >= 15 is 0 Å². The normalized spacial score (nSPS) is 11.7. The first kappa shape index (κ1) is 13.9. The molecule has 5 aromatic carbocycles. The minimum Gasteiger partial charge on any atom is -0.208 e. The molecule has 0 unspecified atom stereocenters. The molecule has 0 bridgehead atoms. The predicted molar refractivity (Wildman–Crippen MR) is 67.6 cm³/mol. The molecule has 20 heavy (non-hydrogen) atoms. The number of fused-ring (bicyclic) bond motifs is 8. The first-order chi connectivity index (χ1) is 8.79. The van der Waals surface area contributed by atoms with E-state index in [0.717, 1.165) is 21.5 Å². The molecule has 0 aliphatic rings. The SMILES string of the molecule is Fc1c2c3c[c-]cc3c3c(F)c3c3c[c-]cc3c12.[Li+].[Li+]. The van der Waals surface area contributed by atoms with Gasteiger partial charge in [-0.3, -0.25) is 0 Å². The summed E-state index contributed by atoms with van der Waals surface area (Å²) in [6.07, 6.45) is 0. The van der Waals surface area contributed by atoms with Crippen molar-refractivity contribution in [3.63, 3.8) is 0 Å². The van der Waals surface area contributed by atoms with E-state index in [0.29, 0.717) is 21.5 Å². The quantitative estimate of drug-likeness (QED) is 0.231. The zero-order valence-electron chi connectivity index (χ0n) is 11.1. The van der Waals surface area contributed by atoms with Crippen molar-refractivity contribution in [2.24, 2.45) is 0 Å². The Bertz CT molecular complexity index is 878. The van der Waals surface area contributed by atoms with Crippen molar-refractivity contribution < 1.29 is 46.5 Å². The molecular formula is C16H4F2Li2. The standard InChI is InChI=1S/C16H4F2.2Li/c17-15-11-7-3-1-4-8(7)12-14(16(12)18)10-6-2-5-9(10)13(11)15;;/h3-6H;;/q-2;2*+1. The van der Waals surface area contributed by atoms with Crippen molar-refractivity contribution in [1.29, 1.82) is 0 Å². The van der Waals surface area contributed by atoms with Crippen LogP contribution in [0.2, 0.25) is 0 Å². The maximum Gasteiger partial charge on any atom is 1.00 e. The first-order valence-electron chi connectivity index (χ1n) is 5.69. The molecule has 0 spiro atoms. The Morgan fingerprint density at radius 2 is 0.800 bits per heavy atom. The van der Waals surface area contributed by atoms with Crippen LogP contribution >= 0.6 is 0 Å². The Hall–Kier alpha value is -1.03. The van der Waals surface area contributed by atoms with Crippen molar-refractivity contribution in [2.75, 3.05) is 0 Å².